The molecule has 79 valence electrons. The highest BCUT2D eigenvalue weighted by Gasteiger charge is 1.90. The van der Waals surface area contributed by atoms with Gasteiger partial charge < -0.3 is 0 Å². The van der Waals surface area contributed by atoms with E-state index in [9.17, 15) is 0 Å². The molecular weight excluding hydrogens is 168 g/mol. The highest BCUT2D eigenvalue weighted by atomic mass is 14.0. The van der Waals surface area contributed by atoms with Gasteiger partial charge in [0.05, 0.1) is 0 Å². The first-order valence-electron chi connectivity index (χ1n) is 6.12. The Balaban J connectivity index is 2.16. The Bertz CT molecular complexity index is 147. The van der Waals surface area contributed by atoms with Crippen molar-refractivity contribution < 1.29 is 0 Å². The molecule has 0 fully saturated rings. The van der Waals surface area contributed by atoms with Crippen LogP contribution < -0.4 is 0 Å². The van der Waals surface area contributed by atoms with Crippen molar-refractivity contribution in [2.24, 2.45) is 0 Å². The summed E-state index contributed by atoms with van der Waals surface area (Å²) in [5.41, 5.74) is 0. The van der Waals surface area contributed by atoms with Gasteiger partial charge >= 0.3 is 0 Å². The van der Waals surface area contributed by atoms with Gasteiger partial charge in [-0.1, -0.05) is 37.1 Å². The third kappa shape index (κ3) is 6.94. The van der Waals surface area contributed by atoms with Crippen molar-refractivity contribution >= 4 is 0 Å². The number of rotatable bonds is 0. The molecule has 1 radical (unpaired) electrons. The van der Waals surface area contributed by atoms with Gasteiger partial charge in [-0.25, -0.2) is 0 Å². The lowest BCUT2D eigenvalue weighted by Gasteiger charge is -1.99. The van der Waals surface area contributed by atoms with E-state index in [0.29, 0.717) is 0 Å². The second-order valence-corrected chi connectivity index (χ2v) is 4.04. The SMILES string of the molecule is [CH]1C/C=C\CCC/C=C/CCCCC1. The van der Waals surface area contributed by atoms with E-state index in [1.54, 1.807) is 0 Å². The number of hydrogen-bond donors (Lipinski definition) is 0. The fourth-order valence-electron chi connectivity index (χ4n) is 1.75. The molecule has 0 aliphatic heterocycles. The molecule has 0 saturated carbocycles. The lowest BCUT2D eigenvalue weighted by molar-refractivity contribution is 0.674. The van der Waals surface area contributed by atoms with Crippen LogP contribution in [0.25, 0.3) is 0 Å². The van der Waals surface area contributed by atoms with Crippen LogP contribution in [0.4, 0.5) is 0 Å². The Hall–Kier alpha value is -0.520. The molecule has 0 aromatic heterocycles. The van der Waals surface area contributed by atoms with Gasteiger partial charge in [0.1, 0.15) is 0 Å². The van der Waals surface area contributed by atoms with Crippen LogP contribution in [0.5, 0.6) is 0 Å². The Morgan fingerprint density at radius 1 is 0.500 bits per heavy atom. The van der Waals surface area contributed by atoms with Crippen LogP contribution in [0.2, 0.25) is 0 Å². The summed E-state index contributed by atoms with van der Waals surface area (Å²) in [7, 11) is 0. The normalized spacial score (nSPS) is 26.3. The topological polar surface area (TPSA) is 0 Å². The first-order valence-corrected chi connectivity index (χ1v) is 6.12. The molecule has 0 aromatic carbocycles. The fraction of sp³-hybridized carbons (Fsp3) is 0.643. The number of hydrogen-bond acceptors (Lipinski definition) is 0. The maximum absolute atomic E-state index is 2.41. The predicted octanol–water partition coefficient (Wildman–Crippen LogP) is 4.83. The first kappa shape index (κ1) is 11.6. The predicted molar refractivity (Wildman–Crippen MR) is 64.1 cm³/mol. The van der Waals surface area contributed by atoms with Crippen LogP contribution in [-0.2, 0) is 0 Å². The molecule has 0 heterocycles. The van der Waals surface area contributed by atoms with Crippen LogP contribution in [0.15, 0.2) is 24.3 Å². The van der Waals surface area contributed by atoms with E-state index in [4.69, 9.17) is 0 Å². The average Bonchev–Trinajstić information content (AvgIpc) is 2.22. The minimum atomic E-state index is 1.18. The zero-order valence-corrected chi connectivity index (χ0v) is 9.25. The van der Waals surface area contributed by atoms with Crippen molar-refractivity contribution in [1.82, 2.24) is 0 Å². The van der Waals surface area contributed by atoms with E-state index in [-0.39, 0.29) is 0 Å². The number of allylic oxidation sites excluding steroid dienone is 4. The van der Waals surface area contributed by atoms with Crippen molar-refractivity contribution in [1.29, 1.82) is 0 Å². The van der Waals surface area contributed by atoms with E-state index >= 15 is 0 Å². The zero-order valence-electron chi connectivity index (χ0n) is 9.25. The van der Waals surface area contributed by atoms with Crippen LogP contribution in [0.3, 0.4) is 0 Å². The van der Waals surface area contributed by atoms with Gasteiger partial charge in [0.15, 0.2) is 0 Å². The Labute approximate surface area is 89.1 Å². The summed E-state index contributed by atoms with van der Waals surface area (Å²) in [5.74, 6) is 0. The lowest BCUT2D eigenvalue weighted by atomic mass is 10.1. The highest BCUT2D eigenvalue weighted by Crippen LogP contribution is 2.09. The average molecular weight is 191 g/mol. The van der Waals surface area contributed by atoms with Crippen molar-refractivity contribution in [3.05, 3.63) is 30.7 Å². The lowest BCUT2D eigenvalue weighted by Crippen LogP contribution is -1.80. The smallest absolute Gasteiger partial charge is 0.0319 e. The molecular formula is C14H23. The van der Waals surface area contributed by atoms with Crippen molar-refractivity contribution in [3.8, 4) is 0 Å². The Morgan fingerprint density at radius 3 is 2.00 bits per heavy atom. The molecule has 1 aliphatic carbocycles. The van der Waals surface area contributed by atoms with Gasteiger partial charge in [-0.3, -0.25) is 0 Å². The molecule has 0 bridgehead atoms. The van der Waals surface area contributed by atoms with Crippen molar-refractivity contribution in [3.63, 3.8) is 0 Å². The quantitative estimate of drug-likeness (QED) is 0.481. The van der Waals surface area contributed by atoms with Crippen LogP contribution >= 0.6 is 0 Å². The summed E-state index contributed by atoms with van der Waals surface area (Å²) >= 11 is 0. The van der Waals surface area contributed by atoms with Gasteiger partial charge in [0.2, 0.25) is 0 Å². The second-order valence-electron chi connectivity index (χ2n) is 4.04. The molecule has 0 amide bonds. The molecule has 0 spiro atoms. The van der Waals surface area contributed by atoms with E-state index in [0.717, 1.165) is 0 Å². The largest absolute Gasteiger partial charge is 0.0885 e. The van der Waals surface area contributed by atoms with Gasteiger partial charge in [-0.2, -0.15) is 0 Å². The summed E-state index contributed by atoms with van der Waals surface area (Å²) in [4.78, 5) is 0. The van der Waals surface area contributed by atoms with Crippen LogP contribution in [0.1, 0.15) is 57.8 Å². The highest BCUT2D eigenvalue weighted by molar-refractivity contribution is 4.89. The minimum Gasteiger partial charge on any atom is -0.0885 e. The molecule has 0 heteroatoms. The van der Waals surface area contributed by atoms with E-state index in [1.807, 2.05) is 0 Å². The fourth-order valence-corrected chi connectivity index (χ4v) is 1.75. The summed E-state index contributed by atoms with van der Waals surface area (Å²) in [6.45, 7) is 0. The van der Waals surface area contributed by atoms with Crippen LogP contribution in [-0.4, -0.2) is 0 Å². The zero-order chi connectivity index (χ0) is 9.90. The molecule has 1 aliphatic rings. The van der Waals surface area contributed by atoms with E-state index in [2.05, 4.69) is 30.7 Å². The van der Waals surface area contributed by atoms with Gasteiger partial charge in [0, 0.05) is 0 Å². The molecule has 0 nitrogen and oxygen atoms in total. The van der Waals surface area contributed by atoms with E-state index in [1.165, 1.54) is 57.8 Å². The Morgan fingerprint density at radius 2 is 1.14 bits per heavy atom. The minimum absolute atomic E-state index is 1.18. The van der Waals surface area contributed by atoms with Gasteiger partial charge in [-0.15, -0.1) is 0 Å². The summed E-state index contributed by atoms with van der Waals surface area (Å²) < 4.78 is 0. The third-order valence-electron chi connectivity index (χ3n) is 2.66. The molecule has 1 rings (SSSR count). The third-order valence-corrected chi connectivity index (χ3v) is 2.66. The maximum atomic E-state index is 2.41. The first-order chi connectivity index (χ1) is 7.00. The molecule has 14 heavy (non-hydrogen) atoms. The second kappa shape index (κ2) is 9.05. The monoisotopic (exact) mass is 191 g/mol. The van der Waals surface area contributed by atoms with Crippen molar-refractivity contribution in [2.45, 2.75) is 57.8 Å². The van der Waals surface area contributed by atoms with Crippen molar-refractivity contribution in [2.75, 3.05) is 0 Å². The molecule has 0 aromatic rings. The van der Waals surface area contributed by atoms with Crippen LogP contribution in [0, 0.1) is 6.42 Å². The molecule has 0 unspecified atom stereocenters. The molecule has 0 N–H and O–H groups in total. The summed E-state index contributed by atoms with van der Waals surface area (Å²) in [5, 5.41) is 0. The Kier molecular flexibility index (Phi) is 7.47. The maximum Gasteiger partial charge on any atom is -0.0319 e. The van der Waals surface area contributed by atoms with Gasteiger partial charge in [0.25, 0.3) is 0 Å². The molecule has 0 atom stereocenters. The standard InChI is InChI=1S/C14H23/c1-2-4-6-8-10-12-14-13-11-9-7-5-3-1/h1-2,5,10,12H,3-4,6-9,11,13-14H2/b2-1-,12-10+. The van der Waals surface area contributed by atoms with Gasteiger partial charge in [-0.05, 0) is 51.4 Å². The summed E-state index contributed by atoms with van der Waals surface area (Å²) in [6, 6.07) is 0. The van der Waals surface area contributed by atoms with E-state index < -0.39 is 0 Å². The molecule has 0 saturated heterocycles. The summed E-state index contributed by atoms with van der Waals surface area (Å²) in [6.07, 6.45) is 23.5.